The average molecular weight is 375 g/mol. The monoisotopic (exact) mass is 374 g/mol. The van der Waals surface area contributed by atoms with E-state index in [-0.39, 0.29) is 11.7 Å². The molecule has 128 valence electrons. The fourth-order valence-electron chi connectivity index (χ4n) is 2.22. The van der Waals surface area contributed by atoms with E-state index in [2.05, 4.69) is 20.6 Å². The minimum atomic E-state index is -0.297. The van der Waals surface area contributed by atoms with Crippen LogP contribution in [0, 0.1) is 13.8 Å². The molecular formula is C17H15ClN4O2S. The summed E-state index contributed by atoms with van der Waals surface area (Å²) in [6.45, 7) is 3.62. The maximum atomic E-state index is 12.5. The van der Waals surface area contributed by atoms with E-state index in [9.17, 15) is 9.90 Å². The van der Waals surface area contributed by atoms with Crippen molar-refractivity contribution < 1.29 is 9.90 Å². The molecule has 0 saturated heterocycles. The van der Waals surface area contributed by atoms with E-state index in [1.165, 1.54) is 17.5 Å². The zero-order chi connectivity index (χ0) is 18.0. The van der Waals surface area contributed by atoms with Crippen LogP contribution < -0.4 is 10.6 Å². The smallest absolute Gasteiger partial charge is 0.267 e. The molecule has 2 aromatic heterocycles. The van der Waals surface area contributed by atoms with Crippen molar-refractivity contribution >= 4 is 45.5 Å². The number of aryl methyl sites for hydroxylation is 1. The van der Waals surface area contributed by atoms with Gasteiger partial charge in [0.05, 0.1) is 16.9 Å². The maximum Gasteiger partial charge on any atom is 0.267 e. The van der Waals surface area contributed by atoms with Gasteiger partial charge in [-0.3, -0.25) is 4.79 Å². The molecule has 3 aromatic rings. The van der Waals surface area contributed by atoms with Gasteiger partial charge in [0, 0.05) is 11.8 Å². The molecule has 0 unspecified atom stereocenters. The van der Waals surface area contributed by atoms with Crippen LogP contribution >= 0.6 is 22.9 Å². The van der Waals surface area contributed by atoms with Crippen molar-refractivity contribution in [1.29, 1.82) is 0 Å². The molecular weight excluding hydrogens is 360 g/mol. The van der Waals surface area contributed by atoms with Crippen LogP contribution in [0.15, 0.2) is 36.7 Å². The lowest BCUT2D eigenvalue weighted by molar-refractivity contribution is 0.103. The molecule has 2 heterocycles. The number of carbonyl (C=O) groups is 1. The highest BCUT2D eigenvalue weighted by Gasteiger charge is 2.15. The number of phenolic OH excluding ortho intramolecular Hbond substituents is 1. The van der Waals surface area contributed by atoms with Crippen molar-refractivity contribution in [2.24, 2.45) is 0 Å². The minimum absolute atomic E-state index is 0.136. The predicted molar refractivity (Wildman–Crippen MR) is 100 cm³/mol. The molecule has 0 aliphatic rings. The molecule has 0 aliphatic carbocycles. The number of benzene rings is 1. The van der Waals surface area contributed by atoms with E-state index in [4.69, 9.17) is 11.6 Å². The number of nitrogens with zero attached hydrogens (tertiary/aromatic N) is 2. The Morgan fingerprint density at radius 3 is 2.80 bits per heavy atom. The van der Waals surface area contributed by atoms with Gasteiger partial charge >= 0.3 is 0 Å². The van der Waals surface area contributed by atoms with E-state index >= 15 is 0 Å². The normalized spacial score (nSPS) is 10.5. The molecule has 0 radical (unpaired) electrons. The second-order valence-corrected chi connectivity index (χ2v) is 6.78. The molecule has 6 nitrogen and oxygen atoms in total. The Balaban J connectivity index is 1.78. The van der Waals surface area contributed by atoms with E-state index in [0.717, 1.165) is 5.56 Å². The molecule has 3 rings (SSSR count). The van der Waals surface area contributed by atoms with Crippen LogP contribution in [-0.4, -0.2) is 21.0 Å². The SMILES string of the molecule is Cc1ccc(O)c(C)c1NC(=O)c1cnc(Nc2ncccc2Cl)s1. The van der Waals surface area contributed by atoms with Crippen molar-refractivity contribution in [3.8, 4) is 5.75 Å². The molecule has 3 N–H and O–H groups in total. The number of pyridine rings is 1. The van der Waals surface area contributed by atoms with Crippen LogP contribution in [0.1, 0.15) is 20.8 Å². The highest BCUT2D eigenvalue weighted by atomic mass is 35.5. The predicted octanol–water partition coefficient (Wildman–Crippen LogP) is 4.51. The Morgan fingerprint density at radius 2 is 2.04 bits per heavy atom. The number of hydrogen-bond acceptors (Lipinski definition) is 6. The maximum absolute atomic E-state index is 12.5. The summed E-state index contributed by atoms with van der Waals surface area (Å²) in [6, 6.07) is 6.80. The molecule has 0 atom stereocenters. The Kier molecular flexibility index (Phi) is 4.87. The van der Waals surface area contributed by atoms with Gasteiger partial charge in [-0.25, -0.2) is 9.97 Å². The third-order valence-corrected chi connectivity index (χ3v) is 4.81. The molecule has 1 amide bonds. The summed E-state index contributed by atoms with van der Waals surface area (Å²) >= 11 is 7.23. The number of carbonyl (C=O) groups excluding carboxylic acids is 1. The number of halogens is 1. The number of aromatic hydroxyl groups is 1. The number of aromatic nitrogens is 2. The van der Waals surface area contributed by atoms with Crippen LogP contribution in [0.25, 0.3) is 0 Å². The molecule has 1 aromatic carbocycles. The van der Waals surface area contributed by atoms with E-state index in [1.54, 1.807) is 37.4 Å². The summed E-state index contributed by atoms with van der Waals surface area (Å²) in [5.41, 5.74) is 2.09. The summed E-state index contributed by atoms with van der Waals surface area (Å²) < 4.78 is 0. The standard InChI is InChI=1S/C17H15ClN4O2S/c1-9-5-6-12(23)10(2)14(9)21-16(24)13-8-20-17(25-13)22-15-11(18)4-3-7-19-15/h3-8,23H,1-2H3,(H,21,24)(H,19,20,22). The summed E-state index contributed by atoms with van der Waals surface area (Å²) in [7, 11) is 0. The Morgan fingerprint density at radius 1 is 1.24 bits per heavy atom. The average Bonchev–Trinajstić information content (AvgIpc) is 3.06. The number of rotatable bonds is 4. The van der Waals surface area contributed by atoms with Gasteiger partial charge in [0.25, 0.3) is 5.91 Å². The lowest BCUT2D eigenvalue weighted by Crippen LogP contribution is -2.12. The second kappa shape index (κ2) is 7.08. The lowest BCUT2D eigenvalue weighted by Gasteiger charge is -2.11. The number of hydrogen-bond donors (Lipinski definition) is 3. The molecule has 0 aliphatic heterocycles. The first kappa shape index (κ1) is 17.2. The summed E-state index contributed by atoms with van der Waals surface area (Å²) in [5.74, 6) is 0.317. The van der Waals surface area contributed by atoms with E-state index < -0.39 is 0 Å². The number of thiazole rings is 1. The first-order valence-electron chi connectivity index (χ1n) is 7.39. The second-order valence-electron chi connectivity index (χ2n) is 5.34. The van der Waals surface area contributed by atoms with E-state index in [0.29, 0.717) is 32.1 Å². The van der Waals surface area contributed by atoms with Crippen LogP contribution in [-0.2, 0) is 0 Å². The Labute approximate surface area is 153 Å². The van der Waals surface area contributed by atoms with Crippen molar-refractivity contribution in [2.75, 3.05) is 10.6 Å². The van der Waals surface area contributed by atoms with Crippen LogP contribution in [0.5, 0.6) is 5.75 Å². The summed E-state index contributed by atoms with van der Waals surface area (Å²) in [6.07, 6.45) is 3.09. The van der Waals surface area contributed by atoms with E-state index in [1.807, 2.05) is 6.92 Å². The van der Waals surface area contributed by atoms with Crippen molar-refractivity contribution in [3.63, 3.8) is 0 Å². The van der Waals surface area contributed by atoms with Crippen molar-refractivity contribution in [3.05, 3.63) is 57.7 Å². The summed E-state index contributed by atoms with van der Waals surface area (Å²) in [4.78, 5) is 21.2. The van der Waals surface area contributed by atoms with Gasteiger partial charge in [-0.1, -0.05) is 29.0 Å². The van der Waals surface area contributed by atoms with Gasteiger partial charge in [-0.05, 0) is 37.6 Å². The fourth-order valence-corrected chi connectivity index (χ4v) is 3.10. The van der Waals surface area contributed by atoms with Gasteiger partial charge in [-0.2, -0.15) is 0 Å². The molecule has 0 fully saturated rings. The molecule has 25 heavy (non-hydrogen) atoms. The Hall–Kier alpha value is -2.64. The van der Waals surface area contributed by atoms with Crippen LogP contribution in [0.4, 0.5) is 16.6 Å². The number of phenols is 1. The summed E-state index contributed by atoms with van der Waals surface area (Å²) in [5, 5.41) is 16.6. The van der Waals surface area contributed by atoms with Crippen LogP contribution in [0.3, 0.4) is 0 Å². The van der Waals surface area contributed by atoms with Gasteiger partial charge in [0.15, 0.2) is 10.9 Å². The molecule has 0 spiro atoms. The number of amides is 1. The Bertz CT molecular complexity index is 942. The largest absolute Gasteiger partial charge is 0.508 e. The molecule has 0 bridgehead atoms. The molecule has 8 heteroatoms. The highest BCUT2D eigenvalue weighted by Crippen LogP contribution is 2.30. The number of nitrogens with one attached hydrogen (secondary N) is 2. The zero-order valence-corrected chi connectivity index (χ0v) is 15.1. The van der Waals surface area contributed by atoms with Gasteiger partial charge in [-0.15, -0.1) is 0 Å². The number of anilines is 3. The van der Waals surface area contributed by atoms with Gasteiger partial charge < -0.3 is 15.7 Å². The zero-order valence-electron chi connectivity index (χ0n) is 13.5. The van der Waals surface area contributed by atoms with Gasteiger partial charge in [0.2, 0.25) is 0 Å². The fraction of sp³-hybridized carbons (Fsp3) is 0.118. The first-order chi connectivity index (χ1) is 12.0. The third kappa shape index (κ3) is 3.72. The highest BCUT2D eigenvalue weighted by molar-refractivity contribution is 7.17. The van der Waals surface area contributed by atoms with Crippen molar-refractivity contribution in [2.45, 2.75) is 13.8 Å². The minimum Gasteiger partial charge on any atom is -0.508 e. The van der Waals surface area contributed by atoms with Gasteiger partial charge in [0.1, 0.15) is 10.6 Å². The first-order valence-corrected chi connectivity index (χ1v) is 8.59. The van der Waals surface area contributed by atoms with Crippen molar-refractivity contribution in [1.82, 2.24) is 9.97 Å². The topological polar surface area (TPSA) is 87.1 Å². The lowest BCUT2D eigenvalue weighted by atomic mass is 10.1. The molecule has 0 saturated carbocycles. The third-order valence-electron chi connectivity index (χ3n) is 3.60. The quantitative estimate of drug-likeness (QED) is 0.625. The van der Waals surface area contributed by atoms with Crippen LogP contribution in [0.2, 0.25) is 5.02 Å².